The normalized spacial score (nSPS) is 36.7. The minimum Gasteiger partial charge on any atom is -0.356 e. The molecular weight excluding hydrogens is 967 g/mol. The molecule has 79 heavy (non-hydrogen) atoms. The Balaban J connectivity index is 0.733. The molecule has 0 heterocycles. The quantitative estimate of drug-likeness (QED) is 0.0326. The van der Waals surface area contributed by atoms with Crippen LogP contribution in [0.5, 0.6) is 0 Å². The molecule has 6 saturated carbocycles. The van der Waals surface area contributed by atoms with Crippen LogP contribution in [0.4, 0.5) is 0 Å². The SMILES string of the molecule is CC(C)CCCC(C)C1CCC2C3CC=C4CC(CCC(=O)NCCC[N+](CCCN)(CCCN)CCCNC(=O)CCC5CCC6(C)C(=CCC7C6CCC6(C)C(C(C)CCCC(C)C)CCC76)C5)CCC4(C)C3CCC12C. The monoisotopic (exact) mass is 1100 g/mol. The standard InChI is InChI=1S/C72H127N5O2/c1-51(2)17-11-19-53(5)61-27-29-63-59-25-23-57-49-55(33-37-69(57,7)65(59)35-39-71(61,63)9)21-31-67(78)75-43-15-47-77(45-13-41-73,46-14-42-74)48-16-44-76-68(79)32-22-56-34-38-70(8)58(50-56)24-26-60-64-30-28-62(54(6)20-12-18-52(3)4)72(64,10)40-36-66(60)70/h23-24,51-56,59-66H,11-22,25-50,73-74H2,1-10H3,(H-,75,76,78,79)/p+1. The number of carbonyl (C=O) groups is 2. The van der Waals surface area contributed by atoms with E-state index in [1.807, 2.05) is 0 Å². The van der Waals surface area contributed by atoms with Crippen LogP contribution < -0.4 is 22.1 Å². The molecule has 2 amide bonds. The minimum absolute atomic E-state index is 0.231. The summed E-state index contributed by atoms with van der Waals surface area (Å²) in [5.41, 5.74) is 17.6. The van der Waals surface area contributed by atoms with E-state index in [2.05, 4.69) is 92.0 Å². The maximum atomic E-state index is 13.4. The van der Waals surface area contributed by atoms with E-state index in [1.165, 1.54) is 141 Å². The summed E-state index contributed by atoms with van der Waals surface area (Å²) in [5.74, 6) is 12.2. The van der Waals surface area contributed by atoms with Crippen molar-refractivity contribution in [1.29, 1.82) is 0 Å². The summed E-state index contributed by atoms with van der Waals surface area (Å²) in [7, 11) is 0. The molecule has 0 aromatic rings. The number of fused-ring (bicyclic) bond motifs is 10. The van der Waals surface area contributed by atoms with E-state index in [0.717, 1.165) is 153 Å². The highest BCUT2D eigenvalue weighted by molar-refractivity contribution is 5.76. The zero-order chi connectivity index (χ0) is 56.6. The summed E-state index contributed by atoms with van der Waals surface area (Å²) in [6.07, 6.45) is 43.0. The smallest absolute Gasteiger partial charge is 0.220 e. The van der Waals surface area contributed by atoms with Crippen molar-refractivity contribution in [1.82, 2.24) is 10.6 Å². The Labute approximate surface area is 487 Å². The lowest BCUT2D eigenvalue weighted by Gasteiger charge is -2.58. The van der Waals surface area contributed by atoms with Gasteiger partial charge in [0.25, 0.3) is 0 Å². The van der Waals surface area contributed by atoms with Crippen LogP contribution in [-0.4, -0.2) is 68.7 Å². The van der Waals surface area contributed by atoms with Gasteiger partial charge in [-0.25, -0.2) is 0 Å². The second-order valence-electron chi connectivity index (χ2n) is 31.8. The number of nitrogens with one attached hydrogen (secondary N) is 2. The Morgan fingerprint density at radius 1 is 0.519 bits per heavy atom. The lowest BCUT2D eigenvalue weighted by molar-refractivity contribution is -0.928. The predicted octanol–water partition coefficient (Wildman–Crippen LogP) is 16.4. The lowest BCUT2D eigenvalue weighted by Crippen LogP contribution is -2.52. The molecule has 16 atom stereocenters. The van der Waals surface area contributed by atoms with Crippen molar-refractivity contribution in [2.45, 2.75) is 262 Å². The van der Waals surface area contributed by atoms with Crippen molar-refractivity contribution >= 4 is 11.8 Å². The molecule has 8 rings (SSSR count). The topological polar surface area (TPSA) is 110 Å². The van der Waals surface area contributed by atoms with E-state index >= 15 is 0 Å². The number of amides is 2. The van der Waals surface area contributed by atoms with E-state index in [9.17, 15) is 9.59 Å². The number of quaternary nitrogens is 1. The summed E-state index contributed by atoms with van der Waals surface area (Å²) in [6, 6.07) is 0. The molecule has 6 N–H and O–H groups in total. The predicted molar refractivity (Wildman–Crippen MR) is 334 cm³/mol. The van der Waals surface area contributed by atoms with Gasteiger partial charge in [-0.3, -0.25) is 9.59 Å². The van der Waals surface area contributed by atoms with Gasteiger partial charge in [0.05, 0.1) is 26.2 Å². The van der Waals surface area contributed by atoms with Gasteiger partial charge in [0.2, 0.25) is 11.8 Å². The number of nitrogens with zero attached hydrogens (tertiary/aromatic N) is 1. The summed E-state index contributed by atoms with van der Waals surface area (Å²) < 4.78 is 0.978. The number of hydrogen-bond donors (Lipinski definition) is 4. The Kier molecular flexibility index (Phi) is 22.4. The third-order valence-corrected chi connectivity index (χ3v) is 26.3. The molecule has 452 valence electrons. The highest BCUT2D eigenvalue weighted by atomic mass is 16.2. The van der Waals surface area contributed by atoms with Crippen molar-refractivity contribution < 1.29 is 14.1 Å². The van der Waals surface area contributed by atoms with Gasteiger partial charge in [0.15, 0.2) is 0 Å². The van der Waals surface area contributed by atoms with Crippen LogP contribution in [0.3, 0.4) is 0 Å². The second-order valence-corrected chi connectivity index (χ2v) is 31.8. The van der Waals surface area contributed by atoms with Gasteiger partial charge in [-0.05, 0) is 233 Å². The van der Waals surface area contributed by atoms with Gasteiger partial charge >= 0.3 is 0 Å². The third kappa shape index (κ3) is 14.5. The number of hydrogen-bond acceptors (Lipinski definition) is 4. The van der Waals surface area contributed by atoms with Crippen molar-refractivity contribution in [2.75, 3.05) is 52.4 Å². The van der Waals surface area contributed by atoms with Gasteiger partial charge in [0, 0.05) is 51.6 Å². The van der Waals surface area contributed by atoms with E-state index in [-0.39, 0.29) is 11.8 Å². The van der Waals surface area contributed by atoms with Crippen LogP contribution in [0, 0.1) is 105 Å². The number of rotatable bonds is 30. The molecule has 0 aromatic heterocycles. The Morgan fingerprint density at radius 3 is 1.32 bits per heavy atom. The minimum atomic E-state index is 0.231. The molecule has 8 aliphatic carbocycles. The molecular formula is C72H128N5O2+. The van der Waals surface area contributed by atoms with Gasteiger partial charge < -0.3 is 26.6 Å². The largest absolute Gasteiger partial charge is 0.356 e. The van der Waals surface area contributed by atoms with Crippen LogP contribution in [0.1, 0.15) is 262 Å². The van der Waals surface area contributed by atoms with Crippen LogP contribution in [0.15, 0.2) is 23.3 Å². The first-order chi connectivity index (χ1) is 37.8. The molecule has 0 aromatic carbocycles. The fourth-order valence-corrected chi connectivity index (χ4v) is 21.7. The van der Waals surface area contributed by atoms with Gasteiger partial charge in [0.1, 0.15) is 0 Å². The summed E-state index contributed by atoms with van der Waals surface area (Å²) in [5, 5.41) is 6.72. The summed E-state index contributed by atoms with van der Waals surface area (Å²) >= 11 is 0. The Hall–Kier alpha value is -1.70. The average molecular weight is 1100 g/mol. The van der Waals surface area contributed by atoms with Crippen LogP contribution >= 0.6 is 0 Å². The number of nitrogens with two attached hydrogens (primary N) is 2. The Bertz CT molecular complexity index is 1870. The highest BCUT2D eigenvalue weighted by Gasteiger charge is 2.61. The zero-order valence-electron chi connectivity index (χ0n) is 53.5. The third-order valence-electron chi connectivity index (χ3n) is 26.3. The molecule has 0 radical (unpaired) electrons. The van der Waals surface area contributed by atoms with Crippen molar-refractivity contribution in [2.24, 2.45) is 116 Å². The van der Waals surface area contributed by atoms with Crippen molar-refractivity contribution in [3.05, 3.63) is 23.3 Å². The van der Waals surface area contributed by atoms with Gasteiger partial charge in [-0.1, -0.05) is 131 Å². The average Bonchev–Trinajstić information content (AvgIpc) is 4.14. The van der Waals surface area contributed by atoms with Crippen molar-refractivity contribution in [3.8, 4) is 0 Å². The molecule has 7 nitrogen and oxygen atoms in total. The van der Waals surface area contributed by atoms with Gasteiger partial charge in [-0.15, -0.1) is 0 Å². The van der Waals surface area contributed by atoms with Crippen LogP contribution in [0.25, 0.3) is 0 Å². The molecule has 0 spiro atoms. The molecule has 0 bridgehead atoms. The summed E-state index contributed by atoms with van der Waals surface area (Å²) in [6.45, 7) is 32.4. The number of allylic oxidation sites excluding steroid dienone is 4. The van der Waals surface area contributed by atoms with E-state index in [1.54, 1.807) is 11.1 Å². The molecule has 7 heteroatoms. The molecule has 0 aliphatic heterocycles. The van der Waals surface area contributed by atoms with Crippen LogP contribution in [-0.2, 0) is 9.59 Å². The molecule has 8 aliphatic rings. The zero-order valence-corrected chi connectivity index (χ0v) is 53.5. The summed E-state index contributed by atoms with van der Waals surface area (Å²) in [4.78, 5) is 26.9. The maximum Gasteiger partial charge on any atom is 0.220 e. The Morgan fingerprint density at radius 2 is 0.924 bits per heavy atom. The maximum absolute atomic E-state index is 13.4. The van der Waals surface area contributed by atoms with E-state index in [4.69, 9.17) is 11.5 Å². The lowest BCUT2D eigenvalue weighted by atomic mass is 9.46. The molecule has 16 unspecified atom stereocenters. The number of carbonyl (C=O) groups excluding carboxylic acids is 2. The van der Waals surface area contributed by atoms with E-state index in [0.29, 0.717) is 59.4 Å². The second kappa shape index (κ2) is 28.0. The fourth-order valence-electron chi connectivity index (χ4n) is 21.7. The first kappa shape index (κ1) is 63.3. The highest BCUT2D eigenvalue weighted by Crippen LogP contribution is 2.69. The molecule has 6 fully saturated rings. The first-order valence-electron chi connectivity index (χ1n) is 35.0. The van der Waals surface area contributed by atoms with Crippen LogP contribution in [0.2, 0.25) is 0 Å². The van der Waals surface area contributed by atoms with Crippen molar-refractivity contribution in [3.63, 3.8) is 0 Å². The first-order valence-corrected chi connectivity index (χ1v) is 35.0. The fraction of sp³-hybridized carbons (Fsp3) is 0.917. The van der Waals surface area contributed by atoms with E-state index < -0.39 is 0 Å². The van der Waals surface area contributed by atoms with Gasteiger partial charge in [-0.2, -0.15) is 0 Å². The molecule has 0 saturated heterocycles.